The zero-order valence-electron chi connectivity index (χ0n) is 11.2. The number of carbonyl (C=O) groups excluding carboxylic acids is 1. The highest BCUT2D eigenvalue weighted by atomic mass is 16.2. The first-order valence-corrected chi connectivity index (χ1v) is 7.24. The van der Waals surface area contributed by atoms with Crippen LogP contribution >= 0.6 is 0 Å². The van der Waals surface area contributed by atoms with E-state index in [4.69, 9.17) is 0 Å². The minimum atomic E-state index is 0.285. The Hall–Kier alpha value is -1.42. The van der Waals surface area contributed by atoms with E-state index in [1.54, 1.807) is 12.4 Å². The van der Waals surface area contributed by atoms with Crippen molar-refractivity contribution in [1.29, 1.82) is 0 Å². The smallest absolute Gasteiger partial charge is 0.224 e. The SMILES string of the molecule is O=C(CCNC1CC1)N(Cc1ccncc1)C1CC1. The summed E-state index contributed by atoms with van der Waals surface area (Å²) >= 11 is 0. The maximum Gasteiger partial charge on any atom is 0.224 e. The van der Waals surface area contributed by atoms with Crippen molar-refractivity contribution in [3.8, 4) is 0 Å². The Bertz CT molecular complexity index is 426. The molecule has 4 nitrogen and oxygen atoms in total. The molecule has 2 fully saturated rings. The van der Waals surface area contributed by atoms with E-state index in [2.05, 4.69) is 10.3 Å². The monoisotopic (exact) mass is 259 g/mol. The molecule has 1 aromatic rings. The van der Waals surface area contributed by atoms with Gasteiger partial charge in [-0.2, -0.15) is 0 Å². The van der Waals surface area contributed by atoms with Crippen molar-refractivity contribution in [3.05, 3.63) is 30.1 Å². The second-order valence-electron chi connectivity index (χ2n) is 5.59. The molecule has 0 aromatic carbocycles. The van der Waals surface area contributed by atoms with Crippen LogP contribution < -0.4 is 5.32 Å². The fourth-order valence-electron chi connectivity index (χ4n) is 2.31. The number of hydrogen-bond acceptors (Lipinski definition) is 3. The highest BCUT2D eigenvalue weighted by Crippen LogP contribution is 2.29. The Morgan fingerprint density at radius 1 is 1.26 bits per heavy atom. The molecule has 0 saturated heterocycles. The third kappa shape index (κ3) is 3.77. The molecule has 0 unspecified atom stereocenters. The first kappa shape index (κ1) is 12.6. The number of hydrogen-bond donors (Lipinski definition) is 1. The first-order valence-electron chi connectivity index (χ1n) is 7.24. The molecule has 1 heterocycles. The van der Waals surface area contributed by atoms with Gasteiger partial charge >= 0.3 is 0 Å². The van der Waals surface area contributed by atoms with Crippen molar-refractivity contribution in [1.82, 2.24) is 15.2 Å². The fraction of sp³-hybridized carbons (Fsp3) is 0.600. The van der Waals surface area contributed by atoms with E-state index < -0.39 is 0 Å². The Balaban J connectivity index is 1.52. The number of nitrogens with one attached hydrogen (secondary N) is 1. The lowest BCUT2D eigenvalue weighted by molar-refractivity contribution is -0.132. The van der Waals surface area contributed by atoms with Gasteiger partial charge in [-0.1, -0.05) is 0 Å². The van der Waals surface area contributed by atoms with Gasteiger partial charge in [0, 0.05) is 44.0 Å². The van der Waals surface area contributed by atoms with E-state index in [0.29, 0.717) is 18.5 Å². The predicted molar refractivity (Wildman–Crippen MR) is 73.5 cm³/mol. The Labute approximate surface area is 114 Å². The van der Waals surface area contributed by atoms with Crippen LogP contribution in [0.25, 0.3) is 0 Å². The van der Waals surface area contributed by atoms with E-state index >= 15 is 0 Å². The quantitative estimate of drug-likeness (QED) is 0.811. The number of aromatic nitrogens is 1. The molecule has 0 radical (unpaired) electrons. The maximum absolute atomic E-state index is 12.3. The van der Waals surface area contributed by atoms with E-state index in [1.807, 2.05) is 17.0 Å². The summed E-state index contributed by atoms with van der Waals surface area (Å²) in [6, 6.07) is 5.14. The minimum absolute atomic E-state index is 0.285. The molecule has 0 spiro atoms. The molecule has 2 aliphatic carbocycles. The van der Waals surface area contributed by atoms with Crippen LogP contribution in [0.5, 0.6) is 0 Å². The first-order chi connectivity index (χ1) is 9.33. The van der Waals surface area contributed by atoms with Gasteiger partial charge in [-0.25, -0.2) is 0 Å². The van der Waals surface area contributed by atoms with Crippen molar-refractivity contribution in [2.75, 3.05) is 6.54 Å². The van der Waals surface area contributed by atoms with Crippen LogP contribution in [0, 0.1) is 0 Å². The zero-order chi connectivity index (χ0) is 13.1. The van der Waals surface area contributed by atoms with Crippen molar-refractivity contribution < 1.29 is 4.79 Å². The average molecular weight is 259 g/mol. The highest BCUT2D eigenvalue weighted by Gasteiger charge is 2.32. The van der Waals surface area contributed by atoms with Gasteiger partial charge in [0.2, 0.25) is 5.91 Å². The molecule has 19 heavy (non-hydrogen) atoms. The molecular weight excluding hydrogens is 238 g/mol. The molecule has 102 valence electrons. The van der Waals surface area contributed by atoms with Crippen molar-refractivity contribution in [2.45, 2.75) is 50.7 Å². The van der Waals surface area contributed by atoms with E-state index in [9.17, 15) is 4.79 Å². The third-order valence-electron chi connectivity index (χ3n) is 3.76. The molecule has 4 heteroatoms. The number of rotatable bonds is 7. The van der Waals surface area contributed by atoms with Gasteiger partial charge in [0.05, 0.1) is 0 Å². The minimum Gasteiger partial charge on any atom is -0.335 e. The van der Waals surface area contributed by atoms with E-state index in [1.165, 1.54) is 18.4 Å². The molecule has 1 N–H and O–H groups in total. The molecule has 2 saturated carbocycles. The van der Waals surface area contributed by atoms with Gasteiger partial charge in [0.1, 0.15) is 0 Å². The molecular formula is C15H21N3O. The zero-order valence-corrected chi connectivity index (χ0v) is 11.2. The number of nitrogens with zero attached hydrogens (tertiary/aromatic N) is 2. The largest absolute Gasteiger partial charge is 0.335 e. The molecule has 3 rings (SSSR count). The Kier molecular flexibility index (Phi) is 3.78. The molecule has 1 amide bonds. The summed E-state index contributed by atoms with van der Waals surface area (Å²) in [5, 5.41) is 3.41. The molecule has 2 aliphatic rings. The van der Waals surface area contributed by atoms with Gasteiger partial charge in [-0.3, -0.25) is 9.78 Å². The van der Waals surface area contributed by atoms with Gasteiger partial charge in [-0.15, -0.1) is 0 Å². The second-order valence-corrected chi connectivity index (χ2v) is 5.59. The van der Waals surface area contributed by atoms with E-state index in [0.717, 1.165) is 25.9 Å². The van der Waals surface area contributed by atoms with Crippen LogP contribution in [0.3, 0.4) is 0 Å². The van der Waals surface area contributed by atoms with Crippen LogP contribution in [0.15, 0.2) is 24.5 Å². The topological polar surface area (TPSA) is 45.2 Å². The second kappa shape index (κ2) is 5.70. The predicted octanol–water partition coefficient (Wildman–Crippen LogP) is 1.71. The average Bonchev–Trinajstić information content (AvgIpc) is 3.29. The van der Waals surface area contributed by atoms with Gasteiger partial charge < -0.3 is 10.2 Å². The lowest BCUT2D eigenvalue weighted by Gasteiger charge is -2.22. The van der Waals surface area contributed by atoms with Gasteiger partial charge in [0.25, 0.3) is 0 Å². The Morgan fingerprint density at radius 2 is 2.00 bits per heavy atom. The number of carbonyl (C=O) groups is 1. The lowest BCUT2D eigenvalue weighted by Crippen LogP contribution is -2.34. The van der Waals surface area contributed by atoms with Crippen molar-refractivity contribution >= 4 is 5.91 Å². The standard InChI is InChI=1S/C15H21N3O/c19-15(7-10-17-13-1-2-13)18(14-3-4-14)11-12-5-8-16-9-6-12/h5-6,8-9,13-14,17H,1-4,7,10-11H2. The number of amides is 1. The molecule has 0 atom stereocenters. The molecule has 0 bridgehead atoms. The van der Waals surface area contributed by atoms with Crippen LogP contribution in [-0.2, 0) is 11.3 Å². The maximum atomic E-state index is 12.3. The van der Waals surface area contributed by atoms with Gasteiger partial charge in [0.15, 0.2) is 0 Å². The summed E-state index contributed by atoms with van der Waals surface area (Å²) in [4.78, 5) is 18.4. The van der Waals surface area contributed by atoms with Crippen molar-refractivity contribution in [3.63, 3.8) is 0 Å². The molecule has 1 aromatic heterocycles. The lowest BCUT2D eigenvalue weighted by atomic mass is 10.2. The van der Waals surface area contributed by atoms with Crippen LogP contribution in [0.1, 0.15) is 37.7 Å². The summed E-state index contributed by atoms with van der Waals surface area (Å²) in [6.07, 6.45) is 9.08. The van der Waals surface area contributed by atoms with Crippen molar-refractivity contribution in [2.24, 2.45) is 0 Å². The molecule has 0 aliphatic heterocycles. The fourth-order valence-corrected chi connectivity index (χ4v) is 2.31. The van der Waals surface area contributed by atoms with E-state index in [-0.39, 0.29) is 5.91 Å². The summed E-state index contributed by atoms with van der Waals surface area (Å²) in [5.41, 5.74) is 1.17. The summed E-state index contributed by atoms with van der Waals surface area (Å²) in [5.74, 6) is 0.285. The summed E-state index contributed by atoms with van der Waals surface area (Å²) in [6.45, 7) is 1.55. The summed E-state index contributed by atoms with van der Waals surface area (Å²) < 4.78 is 0. The highest BCUT2D eigenvalue weighted by molar-refractivity contribution is 5.77. The summed E-state index contributed by atoms with van der Waals surface area (Å²) in [7, 11) is 0. The van der Waals surface area contributed by atoms with Crippen LogP contribution in [0.4, 0.5) is 0 Å². The van der Waals surface area contributed by atoms with Crippen LogP contribution in [-0.4, -0.2) is 34.4 Å². The Morgan fingerprint density at radius 3 is 2.63 bits per heavy atom. The van der Waals surface area contributed by atoms with Gasteiger partial charge in [-0.05, 0) is 43.4 Å². The normalized spacial score (nSPS) is 18.3. The number of pyridine rings is 1. The third-order valence-corrected chi connectivity index (χ3v) is 3.76. The van der Waals surface area contributed by atoms with Crippen LogP contribution in [0.2, 0.25) is 0 Å².